The Morgan fingerprint density at radius 2 is 1.95 bits per heavy atom. The minimum absolute atomic E-state index is 0.196. The predicted octanol–water partition coefficient (Wildman–Crippen LogP) is 5.98. The summed E-state index contributed by atoms with van der Waals surface area (Å²) in [7, 11) is 0. The Labute approximate surface area is 237 Å². The van der Waals surface area contributed by atoms with Crippen LogP contribution in [-0.2, 0) is 4.79 Å². The number of halogens is 3. The number of carboxylic acid groups (broad SMARTS) is 1. The Morgan fingerprint density at radius 3 is 2.68 bits per heavy atom. The lowest BCUT2D eigenvalue weighted by molar-refractivity contribution is -0.119. The van der Waals surface area contributed by atoms with Crippen LogP contribution in [0.2, 0.25) is 5.02 Å². The summed E-state index contributed by atoms with van der Waals surface area (Å²) in [4.78, 5) is 49.7. The summed E-state index contributed by atoms with van der Waals surface area (Å²) in [6, 6.07) is 7.23. The van der Waals surface area contributed by atoms with Gasteiger partial charge in [0.05, 0.1) is 40.0 Å². The van der Waals surface area contributed by atoms with E-state index in [-0.39, 0.29) is 22.3 Å². The molecule has 0 aliphatic carbocycles. The topological polar surface area (TPSA) is 142 Å². The second kappa shape index (κ2) is 11.1. The first-order valence-electron chi connectivity index (χ1n) is 12.8. The number of aromatic amines is 1. The number of hydrogen-bond donors (Lipinski definition) is 4. The molecule has 3 heterocycles. The molecule has 10 nitrogen and oxygen atoms in total. The maximum Gasteiger partial charge on any atom is 0.409 e. The van der Waals surface area contributed by atoms with Crippen LogP contribution in [0.3, 0.4) is 0 Å². The van der Waals surface area contributed by atoms with E-state index in [4.69, 9.17) is 21.7 Å². The van der Waals surface area contributed by atoms with Crippen molar-refractivity contribution in [3.8, 4) is 22.5 Å². The summed E-state index contributed by atoms with van der Waals surface area (Å²) in [5.74, 6) is -2.11. The van der Waals surface area contributed by atoms with Crippen LogP contribution in [0, 0.1) is 24.5 Å². The highest BCUT2D eigenvalue weighted by Gasteiger charge is 2.26. The van der Waals surface area contributed by atoms with Gasteiger partial charge >= 0.3 is 6.09 Å². The van der Waals surface area contributed by atoms with Crippen molar-refractivity contribution in [1.82, 2.24) is 19.5 Å². The van der Waals surface area contributed by atoms with Gasteiger partial charge in [-0.25, -0.2) is 23.5 Å². The molecule has 0 spiro atoms. The molecular weight excluding hydrogens is 558 g/mol. The lowest BCUT2D eigenvalue weighted by atomic mass is 9.99. The van der Waals surface area contributed by atoms with E-state index in [0.717, 1.165) is 18.2 Å². The number of nitrogens with one attached hydrogen (secondary N) is 3. The molecule has 0 saturated heterocycles. The van der Waals surface area contributed by atoms with Crippen LogP contribution in [0.1, 0.15) is 43.7 Å². The molecular formula is C28H25ClF2N6O4. The number of anilines is 2. The van der Waals surface area contributed by atoms with Crippen molar-refractivity contribution in [2.24, 2.45) is 5.92 Å². The summed E-state index contributed by atoms with van der Waals surface area (Å²) >= 11 is 5.82. The molecule has 2 amide bonds. The van der Waals surface area contributed by atoms with Gasteiger partial charge in [-0.05, 0) is 50.1 Å². The fourth-order valence-electron chi connectivity index (χ4n) is 4.91. The third-order valence-corrected chi connectivity index (χ3v) is 7.33. The van der Waals surface area contributed by atoms with Gasteiger partial charge in [0.2, 0.25) is 5.91 Å². The van der Waals surface area contributed by atoms with Crippen molar-refractivity contribution in [2.75, 3.05) is 10.6 Å². The minimum atomic E-state index is -1.25. The van der Waals surface area contributed by atoms with Crippen molar-refractivity contribution < 1.29 is 23.5 Å². The van der Waals surface area contributed by atoms with Crippen molar-refractivity contribution in [3.05, 3.63) is 81.3 Å². The summed E-state index contributed by atoms with van der Waals surface area (Å²) in [5, 5.41) is 14.0. The molecule has 1 aliphatic heterocycles. The fraction of sp³-hybridized carbons (Fsp3) is 0.250. The molecule has 13 heteroatoms. The molecule has 5 rings (SSSR count). The molecule has 2 aromatic carbocycles. The molecule has 0 saturated carbocycles. The number of H-pyrrole nitrogens is 1. The number of aryl methyl sites for hydroxylation is 1. The maximum absolute atomic E-state index is 14.6. The Balaban J connectivity index is 1.61. The first-order chi connectivity index (χ1) is 19.5. The summed E-state index contributed by atoms with van der Waals surface area (Å²) in [6.45, 7) is 3.57. The van der Waals surface area contributed by atoms with Gasteiger partial charge in [0.1, 0.15) is 11.6 Å². The van der Waals surface area contributed by atoms with Gasteiger partial charge in [0, 0.05) is 28.9 Å². The molecule has 1 aliphatic rings. The number of rotatable bonds is 3. The molecule has 2 atom stereocenters. The Morgan fingerprint density at radius 1 is 1.17 bits per heavy atom. The smallest absolute Gasteiger partial charge is 0.409 e. The van der Waals surface area contributed by atoms with Gasteiger partial charge in [0.15, 0.2) is 5.82 Å². The highest BCUT2D eigenvalue weighted by atomic mass is 35.5. The van der Waals surface area contributed by atoms with Crippen molar-refractivity contribution in [1.29, 1.82) is 0 Å². The molecule has 2 bridgehead atoms. The molecule has 4 N–H and O–H groups in total. The second-order valence-electron chi connectivity index (χ2n) is 9.86. The van der Waals surface area contributed by atoms with Crippen LogP contribution in [0.5, 0.6) is 0 Å². The van der Waals surface area contributed by atoms with Gasteiger partial charge in [-0.1, -0.05) is 24.9 Å². The van der Waals surface area contributed by atoms with Gasteiger partial charge in [-0.2, -0.15) is 0 Å². The number of aromatic nitrogens is 4. The third-order valence-electron chi connectivity index (χ3n) is 7.04. The third kappa shape index (κ3) is 5.55. The van der Waals surface area contributed by atoms with E-state index < -0.39 is 40.8 Å². The number of amides is 2. The highest BCUT2D eigenvalue weighted by Crippen LogP contribution is 2.35. The lowest BCUT2D eigenvalue weighted by Gasteiger charge is -2.20. The van der Waals surface area contributed by atoms with Crippen LogP contribution in [0.15, 0.2) is 47.5 Å². The predicted molar refractivity (Wildman–Crippen MR) is 149 cm³/mol. The maximum atomic E-state index is 14.6. The van der Waals surface area contributed by atoms with Crippen LogP contribution in [0.25, 0.3) is 22.5 Å². The number of benzene rings is 2. The summed E-state index contributed by atoms with van der Waals surface area (Å²) < 4.78 is 30.4. The Hall–Kier alpha value is -4.58. The number of hydrogen-bond acceptors (Lipinski definition) is 5. The zero-order valence-electron chi connectivity index (χ0n) is 22.0. The molecule has 2 aromatic heterocycles. The monoisotopic (exact) mass is 582 g/mol. The first-order valence-corrected chi connectivity index (χ1v) is 13.1. The zero-order valence-corrected chi connectivity index (χ0v) is 22.7. The largest absolute Gasteiger partial charge is 0.465 e. The van der Waals surface area contributed by atoms with Crippen molar-refractivity contribution in [3.63, 3.8) is 0 Å². The molecule has 41 heavy (non-hydrogen) atoms. The van der Waals surface area contributed by atoms with E-state index in [0.29, 0.717) is 47.7 Å². The normalized spacial score (nSPS) is 17.1. The average molecular weight is 583 g/mol. The van der Waals surface area contributed by atoms with Crippen LogP contribution in [0.4, 0.5) is 25.0 Å². The number of carbonyl (C=O) groups is 2. The fourth-order valence-corrected chi connectivity index (χ4v) is 5.07. The summed E-state index contributed by atoms with van der Waals surface area (Å²) in [6.07, 6.45) is 1.41. The molecule has 212 valence electrons. The van der Waals surface area contributed by atoms with E-state index in [2.05, 4.69) is 20.6 Å². The SMILES string of the molecule is Cc1[nH]c2nc1-c1ccc(NC(=O)O)cc1NC(=O)[C@H](C)CCC[C@@H]2n1cnc(-c2c(F)ccc(Cl)c2F)cc1=O. The van der Waals surface area contributed by atoms with Gasteiger partial charge in [-0.3, -0.25) is 19.5 Å². The second-order valence-corrected chi connectivity index (χ2v) is 10.3. The minimum Gasteiger partial charge on any atom is -0.465 e. The Kier molecular flexibility index (Phi) is 7.59. The number of fused-ring (bicyclic) bond motifs is 4. The number of nitrogens with zero attached hydrogens (tertiary/aromatic N) is 3. The van der Waals surface area contributed by atoms with Crippen LogP contribution in [-0.4, -0.2) is 36.6 Å². The number of carbonyl (C=O) groups excluding carboxylic acids is 1. The standard InChI is InChI=1S/C28H25ClF2N6O4/c1-13-4-3-5-21(37-12-32-20(11-22(37)38)23-18(30)9-8-17(29)24(23)31)26-33-14(2)25(36-26)16-7-6-15(34-28(40)41)10-19(16)35-27(13)39/h6-13,21,34H,3-5H2,1-2H3,(H,33,36)(H,35,39)(H,40,41)/t13-,21+/m1/s1. The quantitative estimate of drug-likeness (QED) is 0.219. The average Bonchev–Trinajstić information content (AvgIpc) is 3.29. The Bertz CT molecular complexity index is 1740. The molecule has 0 fully saturated rings. The van der Waals surface area contributed by atoms with Crippen LogP contribution >= 0.6 is 11.6 Å². The van der Waals surface area contributed by atoms with E-state index >= 15 is 0 Å². The molecule has 0 radical (unpaired) electrons. The van der Waals surface area contributed by atoms with E-state index in [1.165, 1.54) is 17.0 Å². The molecule has 0 unspecified atom stereocenters. The van der Waals surface area contributed by atoms with Gasteiger partial charge in [0.25, 0.3) is 5.56 Å². The van der Waals surface area contributed by atoms with Gasteiger partial charge in [-0.15, -0.1) is 0 Å². The van der Waals surface area contributed by atoms with E-state index in [1.807, 2.05) is 0 Å². The zero-order chi connectivity index (χ0) is 29.4. The van der Waals surface area contributed by atoms with Crippen LogP contribution < -0.4 is 16.2 Å². The lowest BCUT2D eigenvalue weighted by Crippen LogP contribution is -2.27. The van der Waals surface area contributed by atoms with E-state index in [1.54, 1.807) is 26.0 Å². The molecule has 4 aromatic rings. The van der Waals surface area contributed by atoms with Crippen molar-refractivity contribution in [2.45, 2.75) is 39.2 Å². The van der Waals surface area contributed by atoms with Gasteiger partial charge < -0.3 is 15.4 Å². The number of imidazole rings is 1. The van der Waals surface area contributed by atoms with Crippen molar-refractivity contribution >= 4 is 35.0 Å². The first kappa shape index (κ1) is 28.0. The van der Waals surface area contributed by atoms with E-state index in [9.17, 15) is 23.2 Å². The summed E-state index contributed by atoms with van der Waals surface area (Å²) in [5.41, 5.74) is 1.09. The highest BCUT2D eigenvalue weighted by molar-refractivity contribution is 6.31.